The lowest BCUT2D eigenvalue weighted by Crippen LogP contribution is -2.50. The van der Waals surface area contributed by atoms with Crippen molar-refractivity contribution < 1.29 is 35.8 Å². The Bertz CT molecular complexity index is 1150. The lowest BCUT2D eigenvalue weighted by atomic mass is 10.0. The molecular formula is C21H25F4N5O4S. The van der Waals surface area contributed by atoms with Crippen LogP contribution in [0, 0.1) is 0 Å². The first-order chi connectivity index (χ1) is 16.4. The normalized spacial score (nSPS) is 28.1. The van der Waals surface area contributed by atoms with Crippen LogP contribution in [-0.4, -0.2) is 69.8 Å². The molecule has 0 amide bonds. The number of hydrogen-bond acceptors (Lipinski definition) is 8. The average Bonchev–Trinajstić information content (AvgIpc) is 3.12. The molecule has 2 N–H and O–H groups in total. The average molecular weight is 520 g/mol. The Balaban J connectivity index is 1.49. The second kappa shape index (κ2) is 9.47. The highest BCUT2D eigenvalue weighted by Gasteiger charge is 2.43. The van der Waals surface area contributed by atoms with Crippen LogP contribution in [0.1, 0.15) is 38.2 Å². The number of aliphatic hydroxyl groups is 1. The highest BCUT2D eigenvalue weighted by atomic mass is 32.2. The quantitative estimate of drug-likeness (QED) is 0.560. The molecule has 2 aromatic heterocycles. The number of hydrogen-bond donors (Lipinski definition) is 2. The van der Waals surface area contributed by atoms with Crippen molar-refractivity contribution in [2.45, 2.75) is 67.7 Å². The zero-order valence-corrected chi connectivity index (χ0v) is 19.6. The van der Waals surface area contributed by atoms with E-state index in [1.54, 1.807) is 6.07 Å². The molecule has 14 heteroatoms. The summed E-state index contributed by atoms with van der Waals surface area (Å²) in [5.74, 6) is -1.05. The first-order valence-corrected chi connectivity index (χ1v) is 12.5. The third kappa shape index (κ3) is 5.48. The number of aromatic nitrogens is 3. The zero-order valence-electron chi connectivity index (χ0n) is 18.7. The van der Waals surface area contributed by atoms with Gasteiger partial charge < -0.3 is 15.2 Å². The van der Waals surface area contributed by atoms with Gasteiger partial charge in [0.25, 0.3) is 10.0 Å². The van der Waals surface area contributed by atoms with Gasteiger partial charge in [-0.25, -0.2) is 22.8 Å². The van der Waals surface area contributed by atoms with Gasteiger partial charge in [-0.3, -0.25) is 0 Å². The number of nitrogens with one attached hydrogen (secondary N) is 1. The highest BCUT2D eigenvalue weighted by Crippen LogP contribution is 2.39. The van der Waals surface area contributed by atoms with Crippen LogP contribution in [-0.2, 0) is 16.2 Å². The van der Waals surface area contributed by atoms with Gasteiger partial charge in [0.05, 0.1) is 11.6 Å². The maximum atomic E-state index is 14.9. The van der Waals surface area contributed by atoms with Crippen molar-refractivity contribution in [1.29, 1.82) is 0 Å². The maximum Gasteiger partial charge on any atom is 0.423 e. The summed E-state index contributed by atoms with van der Waals surface area (Å²) in [5, 5.41) is 12.8. The molecule has 1 saturated heterocycles. The fourth-order valence-corrected chi connectivity index (χ4v) is 5.61. The van der Waals surface area contributed by atoms with Crippen molar-refractivity contribution in [1.82, 2.24) is 19.3 Å². The van der Waals surface area contributed by atoms with Crippen molar-refractivity contribution in [2.24, 2.45) is 0 Å². The molecular weight excluding hydrogens is 494 g/mol. The Labute approximate surface area is 199 Å². The summed E-state index contributed by atoms with van der Waals surface area (Å²) in [6.45, 7) is 0.982. The van der Waals surface area contributed by atoms with Crippen LogP contribution in [0.5, 0.6) is 5.88 Å². The van der Waals surface area contributed by atoms with E-state index in [2.05, 4.69) is 20.3 Å². The van der Waals surface area contributed by atoms with E-state index < -0.39 is 58.1 Å². The Kier molecular flexibility index (Phi) is 6.90. The molecule has 2 aromatic rings. The molecule has 192 valence electrons. The molecule has 1 saturated carbocycles. The molecule has 0 spiro atoms. The minimum Gasteiger partial charge on any atom is -0.471 e. The number of ether oxygens (including phenoxy) is 1. The maximum absolute atomic E-state index is 14.9. The summed E-state index contributed by atoms with van der Waals surface area (Å²) >= 11 is 0. The van der Waals surface area contributed by atoms with E-state index in [0.29, 0.717) is 25.5 Å². The lowest BCUT2D eigenvalue weighted by Gasteiger charge is -2.34. The predicted octanol–water partition coefficient (Wildman–Crippen LogP) is 2.79. The molecule has 1 aliphatic heterocycles. The summed E-state index contributed by atoms with van der Waals surface area (Å²) in [7, 11) is -3.99. The van der Waals surface area contributed by atoms with Crippen molar-refractivity contribution in [3.05, 3.63) is 36.2 Å². The monoisotopic (exact) mass is 519 g/mol. The molecule has 0 aromatic carbocycles. The van der Waals surface area contributed by atoms with Gasteiger partial charge in [0.2, 0.25) is 11.8 Å². The van der Waals surface area contributed by atoms with Crippen LogP contribution in [0.25, 0.3) is 0 Å². The topological polar surface area (TPSA) is 118 Å². The van der Waals surface area contributed by atoms with Crippen molar-refractivity contribution in [3.63, 3.8) is 0 Å². The fourth-order valence-electron chi connectivity index (χ4n) is 4.21. The van der Waals surface area contributed by atoms with Gasteiger partial charge in [-0.1, -0.05) is 6.07 Å². The number of halogens is 4. The number of rotatable bonds is 6. The largest absolute Gasteiger partial charge is 0.471 e. The third-order valence-corrected chi connectivity index (χ3v) is 8.00. The molecule has 2 fully saturated rings. The molecule has 9 nitrogen and oxygen atoms in total. The molecule has 4 atom stereocenters. The van der Waals surface area contributed by atoms with Crippen molar-refractivity contribution in [3.8, 4) is 5.88 Å². The van der Waals surface area contributed by atoms with E-state index in [1.807, 2.05) is 0 Å². The molecule has 0 unspecified atom stereocenters. The van der Waals surface area contributed by atoms with E-state index in [0.717, 1.165) is 4.31 Å². The number of piperidine rings is 1. The van der Waals surface area contributed by atoms with E-state index >= 15 is 0 Å². The van der Waals surface area contributed by atoms with Crippen LogP contribution >= 0.6 is 0 Å². The third-order valence-electron chi connectivity index (χ3n) is 6.22. The van der Waals surface area contributed by atoms with Crippen LogP contribution in [0.15, 0.2) is 35.6 Å². The molecule has 1 aliphatic carbocycles. The molecule has 0 bridgehead atoms. The lowest BCUT2D eigenvalue weighted by molar-refractivity contribution is -0.141. The fraction of sp³-hybridized carbons (Fsp3) is 0.571. The second-order valence-electron chi connectivity index (χ2n) is 8.85. The molecule has 3 heterocycles. The summed E-state index contributed by atoms with van der Waals surface area (Å²) in [6, 6.07) is 3.44. The Morgan fingerprint density at radius 1 is 1.26 bits per heavy atom. The highest BCUT2D eigenvalue weighted by molar-refractivity contribution is 7.89. The van der Waals surface area contributed by atoms with Crippen LogP contribution in [0.3, 0.4) is 0 Å². The number of nitrogens with zero attached hydrogens (tertiary/aromatic N) is 4. The number of anilines is 1. The summed E-state index contributed by atoms with van der Waals surface area (Å²) in [6.07, 6.45) is -4.18. The van der Waals surface area contributed by atoms with Gasteiger partial charge in [-0.15, -0.1) is 0 Å². The number of alkyl halides is 4. The Morgan fingerprint density at radius 3 is 2.63 bits per heavy atom. The molecule has 4 rings (SSSR count). The van der Waals surface area contributed by atoms with E-state index in [1.165, 1.54) is 25.3 Å². The van der Waals surface area contributed by atoms with Crippen molar-refractivity contribution >= 4 is 16.0 Å². The molecule has 2 aliphatic rings. The molecule has 35 heavy (non-hydrogen) atoms. The first-order valence-electron chi connectivity index (χ1n) is 11.0. The summed E-state index contributed by atoms with van der Waals surface area (Å²) in [4.78, 5) is 11.3. The number of sulfonamides is 1. The van der Waals surface area contributed by atoms with Crippen LogP contribution in [0.4, 0.5) is 23.5 Å². The van der Waals surface area contributed by atoms with Gasteiger partial charge in [0.15, 0.2) is 5.03 Å². The Hall–Kier alpha value is -2.58. The predicted molar refractivity (Wildman–Crippen MR) is 116 cm³/mol. The van der Waals surface area contributed by atoms with E-state index in [-0.39, 0.29) is 23.9 Å². The standard InChI is InChI=1S/C21H25F4N5O4S/c1-20(31)8-4-5-16(20)34-18-13(21(23,24)25)11-27-19(29-18)28-15-7-10-30(12-14(15)22)35(32,33)17-6-2-3-9-26-17/h2-3,6,9,11,14-16,31H,4-5,7-8,10,12H2,1H3,(H,27,28,29)/t14-,15-,16+,20-/m0/s1. The Morgan fingerprint density at radius 2 is 2.03 bits per heavy atom. The van der Waals surface area contributed by atoms with Gasteiger partial charge in [-0.05, 0) is 44.7 Å². The SMILES string of the molecule is C[C@]1(O)CCC[C@H]1Oc1nc(N[C@H]2CCN(S(=O)(=O)c3ccccn3)C[C@@H]2F)ncc1C(F)(F)F. The van der Waals surface area contributed by atoms with Crippen LogP contribution in [0.2, 0.25) is 0 Å². The van der Waals surface area contributed by atoms with Crippen LogP contribution < -0.4 is 10.1 Å². The van der Waals surface area contributed by atoms with Gasteiger partial charge in [0.1, 0.15) is 17.8 Å². The van der Waals surface area contributed by atoms with Gasteiger partial charge in [-0.2, -0.15) is 22.5 Å². The number of pyridine rings is 1. The van der Waals surface area contributed by atoms with Gasteiger partial charge >= 0.3 is 6.18 Å². The van der Waals surface area contributed by atoms with E-state index in [4.69, 9.17) is 4.74 Å². The molecule has 0 radical (unpaired) electrons. The zero-order chi connectivity index (χ0) is 25.4. The van der Waals surface area contributed by atoms with E-state index in [9.17, 15) is 31.1 Å². The first kappa shape index (κ1) is 25.5. The van der Waals surface area contributed by atoms with Crippen molar-refractivity contribution in [2.75, 3.05) is 18.4 Å². The summed E-state index contributed by atoms with van der Waals surface area (Å²) in [5.41, 5.74) is -2.52. The second-order valence-corrected chi connectivity index (χ2v) is 10.7. The minimum atomic E-state index is -4.80. The smallest absolute Gasteiger partial charge is 0.423 e. The van der Waals surface area contributed by atoms with Gasteiger partial charge in [0, 0.05) is 25.5 Å². The summed E-state index contributed by atoms with van der Waals surface area (Å²) < 4.78 is 87.3. The minimum absolute atomic E-state index is 0.0190.